The van der Waals surface area contributed by atoms with Crippen LogP contribution in [-0.2, 0) is 5.41 Å². The summed E-state index contributed by atoms with van der Waals surface area (Å²) in [4.78, 5) is 5.19. The van der Waals surface area contributed by atoms with Gasteiger partial charge in [-0.05, 0) is 169 Å². The Balaban J connectivity index is 1.09. The smallest absolute Gasteiger partial charge is 0.253 e. The highest BCUT2D eigenvalue weighted by Crippen LogP contribution is 2.53. The summed E-state index contributed by atoms with van der Waals surface area (Å²) < 4.78 is 0. The fourth-order valence-electron chi connectivity index (χ4n) is 13.4. The van der Waals surface area contributed by atoms with Crippen LogP contribution in [0.3, 0.4) is 0 Å². The number of rotatable bonds is 3. The lowest BCUT2D eigenvalue weighted by molar-refractivity contribution is 0.660. The third kappa shape index (κ3) is 4.63. The molecule has 0 saturated carbocycles. The molecule has 0 bridgehead atoms. The van der Waals surface area contributed by atoms with Gasteiger partial charge in [0.2, 0.25) is 0 Å². The van der Waals surface area contributed by atoms with Crippen molar-refractivity contribution in [3.8, 4) is 22.3 Å². The van der Waals surface area contributed by atoms with Crippen LogP contribution in [-0.4, -0.2) is 6.71 Å². The SMILES string of the molecule is CC1(C)c2ccccc2-c2ccc(-c3cc4c5c(c3)N(c3ccccc3)c3cc6ccc7cccc8ccc(c3B5c3c(cc5ccc9cccc%10ccc3c5c9%10)N4c3ccccc3)c6c78)cc21. The molecule has 0 N–H and O–H groups in total. The molecule has 0 fully saturated rings. The lowest BCUT2D eigenvalue weighted by Crippen LogP contribution is -2.61. The summed E-state index contributed by atoms with van der Waals surface area (Å²) in [6.45, 7) is 4.69. The van der Waals surface area contributed by atoms with Crippen molar-refractivity contribution >= 4 is 122 Å². The zero-order valence-electron chi connectivity index (χ0n) is 37.7. The molecule has 0 spiro atoms. The van der Waals surface area contributed by atoms with Crippen LogP contribution in [0.15, 0.2) is 212 Å². The molecule has 0 atom stereocenters. The van der Waals surface area contributed by atoms with E-state index in [2.05, 4.69) is 236 Å². The molecule has 16 rings (SSSR count). The Hall–Kier alpha value is -8.40. The van der Waals surface area contributed by atoms with Crippen molar-refractivity contribution in [2.24, 2.45) is 0 Å². The highest BCUT2D eigenvalue weighted by molar-refractivity contribution is 7.03. The van der Waals surface area contributed by atoms with Crippen LogP contribution in [0.1, 0.15) is 25.0 Å². The second kappa shape index (κ2) is 12.9. The number of hydrogen-bond acceptors (Lipinski definition) is 2. The Morgan fingerprint density at radius 1 is 0.324 bits per heavy atom. The zero-order valence-corrected chi connectivity index (χ0v) is 37.7. The van der Waals surface area contributed by atoms with Gasteiger partial charge in [0.15, 0.2) is 0 Å². The summed E-state index contributed by atoms with van der Waals surface area (Å²) in [5.41, 5.74) is 19.0. The van der Waals surface area contributed by atoms with Crippen LogP contribution >= 0.6 is 0 Å². The van der Waals surface area contributed by atoms with Crippen molar-refractivity contribution in [1.29, 1.82) is 0 Å². The van der Waals surface area contributed by atoms with Crippen molar-refractivity contribution < 1.29 is 0 Å². The normalized spacial score (nSPS) is 14.4. The molecule has 0 unspecified atom stereocenters. The summed E-state index contributed by atoms with van der Waals surface area (Å²) >= 11 is 0. The van der Waals surface area contributed by atoms with Gasteiger partial charge in [-0.1, -0.05) is 172 Å². The standard InChI is InChI=1S/C65H41BN2/c1-65(2)52-22-10-9-21-48(52)49-30-29-42(33-53(49)65)45-36-56-64-57(37-45)68(47-19-7-4-8-20-47)55-35-44-26-24-39-14-12-16-41-28-32-51(61(44)59(39)41)63(55)66(64)62-50-31-27-40-15-11-13-38-23-25-43(60(50)58(38)40)34-54(62)67(56)46-17-5-3-6-18-46/h3-37H,1-2H3. The van der Waals surface area contributed by atoms with Crippen LogP contribution in [0.25, 0.3) is 86.9 Å². The van der Waals surface area contributed by atoms with Gasteiger partial charge in [0.25, 0.3) is 6.71 Å². The molecule has 68 heavy (non-hydrogen) atoms. The minimum atomic E-state index is -0.125. The van der Waals surface area contributed by atoms with Crippen LogP contribution in [0.2, 0.25) is 0 Å². The van der Waals surface area contributed by atoms with E-state index in [1.165, 1.54) is 137 Å². The predicted molar refractivity (Wildman–Crippen MR) is 291 cm³/mol. The van der Waals surface area contributed by atoms with Crippen molar-refractivity contribution in [3.63, 3.8) is 0 Å². The topological polar surface area (TPSA) is 6.48 Å². The van der Waals surface area contributed by atoms with Crippen molar-refractivity contribution in [1.82, 2.24) is 0 Å². The van der Waals surface area contributed by atoms with Gasteiger partial charge in [0, 0.05) is 39.5 Å². The van der Waals surface area contributed by atoms with Crippen LogP contribution in [0, 0.1) is 0 Å². The summed E-state index contributed by atoms with van der Waals surface area (Å²) in [5.74, 6) is 0. The second-order valence-electron chi connectivity index (χ2n) is 20.0. The summed E-state index contributed by atoms with van der Waals surface area (Å²) in [7, 11) is 0. The number of anilines is 6. The molecule has 2 aliphatic heterocycles. The van der Waals surface area contributed by atoms with Gasteiger partial charge in [0.05, 0.1) is 0 Å². The van der Waals surface area contributed by atoms with Gasteiger partial charge in [-0.3, -0.25) is 0 Å². The fourth-order valence-corrected chi connectivity index (χ4v) is 13.4. The van der Waals surface area contributed by atoms with E-state index >= 15 is 0 Å². The Kier molecular flexibility index (Phi) is 7.00. The number of fused-ring (bicyclic) bond motifs is 9. The van der Waals surface area contributed by atoms with Gasteiger partial charge in [0.1, 0.15) is 0 Å². The molecule has 314 valence electrons. The van der Waals surface area contributed by atoms with Gasteiger partial charge in [-0.25, -0.2) is 0 Å². The second-order valence-corrected chi connectivity index (χ2v) is 20.0. The van der Waals surface area contributed by atoms with E-state index in [0.29, 0.717) is 0 Å². The van der Waals surface area contributed by atoms with Gasteiger partial charge in [-0.15, -0.1) is 0 Å². The molecular formula is C65H41BN2. The van der Waals surface area contributed by atoms with Crippen molar-refractivity contribution in [2.75, 3.05) is 9.80 Å². The van der Waals surface area contributed by atoms with E-state index in [4.69, 9.17) is 0 Å². The first-order valence-corrected chi connectivity index (χ1v) is 24.0. The highest BCUT2D eigenvalue weighted by atomic mass is 15.2. The number of nitrogens with zero attached hydrogens (tertiary/aromatic N) is 2. The summed E-state index contributed by atoms with van der Waals surface area (Å²) in [6, 6.07) is 81.0. The minimum Gasteiger partial charge on any atom is -0.311 e. The molecule has 3 aliphatic rings. The first-order chi connectivity index (χ1) is 33.5. The minimum absolute atomic E-state index is 0.0819. The maximum atomic E-state index is 2.60. The van der Waals surface area contributed by atoms with Crippen molar-refractivity contribution in [3.05, 3.63) is 223 Å². The Labute approximate surface area is 394 Å². The summed E-state index contributed by atoms with van der Waals surface area (Å²) in [5, 5.41) is 15.7. The van der Waals surface area contributed by atoms with E-state index < -0.39 is 0 Å². The molecule has 13 aromatic rings. The Bertz CT molecular complexity index is 4050. The molecule has 2 heterocycles. The highest BCUT2D eigenvalue weighted by Gasteiger charge is 2.46. The summed E-state index contributed by atoms with van der Waals surface area (Å²) in [6.07, 6.45) is 0. The predicted octanol–water partition coefficient (Wildman–Crippen LogP) is 15.5. The van der Waals surface area contributed by atoms with Crippen molar-refractivity contribution in [2.45, 2.75) is 19.3 Å². The number of hydrogen-bond donors (Lipinski definition) is 0. The third-order valence-electron chi connectivity index (χ3n) is 16.2. The molecule has 0 radical (unpaired) electrons. The maximum absolute atomic E-state index is 2.60. The molecule has 0 amide bonds. The lowest BCUT2D eigenvalue weighted by atomic mass is 9.32. The molecule has 13 aromatic carbocycles. The van der Waals surface area contributed by atoms with E-state index in [0.717, 1.165) is 11.4 Å². The third-order valence-corrected chi connectivity index (χ3v) is 16.2. The number of benzene rings is 13. The molecular weight excluding hydrogens is 820 g/mol. The lowest BCUT2D eigenvalue weighted by Gasteiger charge is -2.45. The average molecular weight is 861 g/mol. The van der Waals surface area contributed by atoms with Crippen LogP contribution < -0.4 is 26.2 Å². The van der Waals surface area contributed by atoms with Crippen LogP contribution in [0.4, 0.5) is 34.1 Å². The quantitative estimate of drug-likeness (QED) is 0.129. The van der Waals surface area contributed by atoms with Gasteiger partial charge < -0.3 is 9.80 Å². The molecule has 1 aliphatic carbocycles. The fraction of sp³-hybridized carbons (Fsp3) is 0.0462. The first-order valence-electron chi connectivity index (χ1n) is 24.0. The van der Waals surface area contributed by atoms with Gasteiger partial charge in [-0.2, -0.15) is 0 Å². The monoisotopic (exact) mass is 860 g/mol. The van der Waals surface area contributed by atoms with E-state index in [9.17, 15) is 0 Å². The molecule has 3 heteroatoms. The van der Waals surface area contributed by atoms with E-state index in [1.807, 2.05) is 0 Å². The van der Waals surface area contributed by atoms with Crippen LogP contribution in [0.5, 0.6) is 0 Å². The molecule has 2 nitrogen and oxygen atoms in total. The van der Waals surface area contributed by atoms with Gasteiger partial charge >= 0.3 is 0 Å². The van der Waals surface area contributed by atoms with E-state index in [1.54, 1.807) is 0 Å². The Morgan fingerprint density at radius 3 is 1.32 bits per heavy atom. The first kappa shape index (κ1) is 36.8. The average Bonchev–Trinajstić information content (AvgIpc) is 3.62. The Morgan fingerprint density at radius 2 is 0.779 bits per heavy atom. The molecule has 0 aromatic heterocycles. The largest absolute Gasteiger partial charge is 0.311 e. The zero-order chi connectivity index (χ0) is 44.6. The van der Waals surface area contributed by atoms with E-state index in [-0.39, 0.29) is 12.1 Å². The number of para-hydroxylation sites is 2. The maximum Gasteiger partial charge on any atom is 0.253 e. The molecule has 0 saturated heterocycles.